The second-order valence-electron chi connectivity index (χ2n) is 3.50. The molecule has 2 rings (SSSR count). The van der Waals surface area contributed by atoms with Gasteiger partial charge in [0.05, 0.1) is 5.69 Å². The Bertz CT molecular complexity index is 286. The molecule has 1 aromatic heterocycles. The summed E-state index contributed by atoms with van der Waals surface area (Å²) in [4.78, 5) is 4.58. The minimum Gasteiger partial charge on any atom is -0.332 e. The lowest BCUT2D eigenvalue weighted by Crippen LogP contribution is -2.07. The van der Waals surface area contributed by atoms with Crippen molar-refractivity contribution in [3.63, 3.8) is 0 Å². The summed E-state index contributed by atoms with van der Waals surface area (Å²) in [6.45, 7) is 5.39. The summed E-state index contributed by atoms with van der Waals surface area (Å²) in [5.41, 5.74) is 2.86. The van der Waals surface area contributed by atoms with Crippen LogP contribution in [0, 0.1) is 6.92 Å². The fraction of sp³-hybridized carbons (Fsp3) is 0.700. The summed E-state index contributed by atoms with van der Waals surface area (Å²) in [6, 6.07) is 0. The van der Waals surface area contributed by atoms with Crippen molar-refractivity contribution in [2.75, 3.05) is 0 Å². The topological polar surface area (TPSA) is 17.8 Å². The van der Waals surface area contributed by atoms with Gasteiger partial charge in [0.2, 0.25) is 0 Å². The first-order valence-corrected chi connectivity index (χ1v) is 4.87. The number of aromatic nitrogens is 2. The van der Waals surface area contributed by atoms with E-state index in [1.54, 1.807) is 0 Å². The number of nitrogens with zero attached hydrogens (tertiary/aromatic N) is 2. The van der Waals surface area contributed by atoms with Crippen molar-refractivity contribution < 1.29 is 0 Å². The summed E-state index contributed by atoms with van der Waals surface area (Å²) >= 11 is 0. The van der Waals surface area contributed by atoms with E-state index in [2.05, 4.69) is 23.4 Å². The first-order chi connectivity index (χ1) is 5.83. The van der Waals surface area contributed by atoms with E-state index in [9.17, 15) is 0 Å². The van der Waals surface area contributed by atoms with Gasteiger partial charge in [0, 0.05) is 12.2 Å². The van der Waals surface area contributed by atoms with E-state index in [1.807, 2.05) is 0 Å². The third kappa shape index (κ3) is 1.06. The Balaban J connectivity index is 2.46. The van der Waals surface area contributed by atoms with Crippen molar-refractivity contribution in [3.8, 4) is 0 Å². The van der Waals surface area contributed by atoms with Crippen molar-refractivity contribution in [1.82, 2.24) is 9.55 Å². The minimum atomic E-state index is 1.08. The molecule has 0 spiro atoms. The van der Waals surface area contributed by atoms with E-state index in [0.29, 0.717) is 0 Å². The van der Waals surface area contributed by atoms with Gasteiger partial charge in [-0.05, 0) is 39.5 Å². The Hall–Kier alpha value is -0.790. The van der Waals surface area contributed by atoms with Gasteiger partial charge in [-0.2, -0.15) is 0 Å². The van der Waals surface area contributed by atoms with E-state index in [4.69, 9.17) is 0 Å². The van der Waals surface area contributed by atoms with Crippen molar-refractivity contribution in [2.24, 2.45) is 0 Å². The number of fused-ring (bicyclic) bond motifs is 1. The Kier molecular flexibility index (Phi) is 1.91. The van der Waals surface area contributed by atoms with Gasteiger partial charge >= 0.3 is 0 Å². The zero-order valence-corrected chi connectivity index (χ0v) is 7.93. The Morgan fingerprint density at radius 1 is 1.33 bits per heavy atom. The highest BCUT2D eigenvalue weighted by molar-refractivity contribution is 5.19. The predicted octanol–water partition coefficient (Wildman–Crippen LogP) is 2.09. The molecule has 66 valence electrons. The zero-order chi connectivity index (χ0) is 8.55. The second-order valence-corrected chi connectivity index (χ2v) is 3.50. The molecule has 0 amide bonds. The molecule has 12 heavy (non-hydrogen) atoms. The Morgan fingerprint density at radius 2 is 2.08 bits per heavy atom. The van der Waals surface area contributed by atoms with E-state index >= 15 is 0 Å². The molecule has 0 aliphatic heterocycles. The molecule has 1 heterocycles. The van der Waals surface area contributed by atoms with Crippen molar-refractivity contribution >= 4 is 0 Å². The summed E-state index contributed by atoms with van der Waals surface area (Å²) < 4.78 is 2.36. The second kappa shape index (κ2) is 2.92. The van der Waals surface area contributed by atoms with E-state index < -0.39 is 0 Å². The zero-order valence-electron chi connectivity index (χ0n) is 7.93. The van der Waals surface area contributed by atoms with Crippen LogP contribution < -0.4 is 0 Å². The molecule has 0 aromatic carbocycles. The predicted molar refractivity (Wildman–Crippen MR) is 49.3 cm³/mol. The van der Waals surface area contributed by atoms with E-state index in [0.717, 1.165) is 6.54 Å². The van der Waals surface area contributed by atoms with Crippen LogP contribution in [0.3, 0.4) is 0 Å². The van der Waals surface area contributed by atoms with Crippen LogP contribution in [0.4, 0.5) is 0 Å². The lowest BCUT2D eigenvalue weighted by Gasteiger charge is -2.12. The Labute approximate surface area is 73.6 Å². The molecule has 2 nitrogen and oxygen atoms in total. The smallest absolute Gasteiger partial charge is 0.106 e. The molecule has 0 atom stereocenters. The van der Waals surface area contributed by atoms with E-state index in [-0.39, 0.29) is 0 Å². The lowest BCUT2D eigenvalue weighted by atomic mass is 10.0. The molecular formula is C10H16N2. The molecule has 1 aliphatic carbocycles. The van der Waals surface area contributed by atoms with Crippen LogP contribution in [0.2, 0.25) is 0 Å². The summed E-state index contributed by atoms with van der Waals surface area (Å²) in [5, 5.41) is 0. The fourth-order valence-electron chi connectivity index (χ4n) is 2.16. The average molecular weight is 164 g/mol. The third-order valence-corrected chi connectivity index (χ3v) is 2.74. The van der Waals surface area contributed by atoms with E-state index in [1.165, 1.54) is 42.9 Å². The highest BCUT2D eigenvalue weighted by atomic mass is 15.1. The molecule has 0 unspecified atom stereocenters. The molecule has 0 saturated carbocycles. The van der Waals surface area contributed by atoms with Crippen LogP contribution in [0.25, 0.3) is 0 Å². The van der Waals surface area contributed by atoms with Gasteiger partial charge in [-0.3, -0.25) is 0 Å². The van der Waals surface area contributed by atoms with Crippen molar-refractivity contribution in [3.05, 3.63) is 17.2 Å². The van der Waals surface area contributed by atoms with Crippen LogP contribution in [0.15, 0.2) is 0 Å². The average Bonchev–Trinajstić information content (AvgIpc) is 2.40. The minimum absolute atomic E-state index is 1.08. The van der Waals surface area contributed by atoms with Crippen LogP contribution in [-0.2, 0) is 19.4 Å². The number of rotatable bonds is 1. The molecule has 2 heteroatoms. The highest BCUT2D eigenvalue weighted by Crippen LogP contribution is 2.21. The van der Waals surface area contributed by atoms with Gasteiger partial charge < -0.3 is 4.57 Å². The number of hydrogen-bond acceptors (Lipinski definition) is 1. The largest absolute Gasteiger partial charge is 0.332 e. The fourth-order valence-corrected chi connectivity index (χ4v) is 2.16. The summed E-state index contributed by atoms with van der Waals surface area (Å²) in [5.74, 6) is 1.20. The van der Waals surface area contributed by atoms with Crippen LogP contribution in [0.1, 0.15) is 37.0 Å². The van der Waals surface area contributed by atoms with Crippen LogP contribution in [-0.4, -0.2) is 9.55 Å². The summed E-state index contributed by atoms with van der Waals surface area (Å²) in [6.07, 6.45) is 5.11. The Morgan fingerprint density at radius 3 is 2.83 bits per heavy atom. The quantitative estimate of drug-likeness (QED) is 0.621. The molecule has 0 saturated heterocycles. The SMILES string of the molecule is CCn1c(C)nc2c1CCCC2. The lowest BCUT2D eigenvalue weighted by molar-refractivity contribution is 0.615. The summed E-state index contributed by atoms with van der Waals surface area (Å²) in [7, 11) is 0. The van der Waals surface area contributed by atoms with Gasteiger partial charge in [0.25, 0.3) is 0 Å². The maximum absolute atomic E-state index is 4.58. The van der Waals surface area contributed by atoms with Gasteiger partial charge in [0.1, 0.15) is 5.82 Å². The first kappa shape index (κ1) is 7.84. The maximum Gasteiger partial charge on any atom is 0.106 e. The molecule has 0 fully saturated rings. The number of imidazole rings is 1. The van der Waals surface area contributed by atoms with Crippen molar-refractivity contribution in [2.45, 2.75) is 46.1 Å². The monoisotopic (exact) mass is 164 g/mol. The standard InChI is InChI=1S/C10H16N2/c1-3-12-8(2)11-9-6-4-5-7-10(9)12/h3-7H2,1-2H3. The molecule has 0 N–H and O–H groups in total. The van der Waals surface area contributed by atoms with Gasteiger partial charge in [-0.25, -0.2) is 4.98 Å². The third-order valence-electron chi connectivity index (χ3n) is 2.74. The molecule has 1 aliphatic rings. The molecular weight excluding hydrogens is 148 g/mol. The first-order valence-electron chi connectivity index (χ1n) is 4.87. The number of hydrogen-bond donors (Lipinski definition) is 0. The number of aryl methyl sites for hydroxylation is 2. The molecule has 0 bridgehead atoms. The van der Waals surface area contributed by atoms with Gasteiger partial charge in [-0.15, -0.1) is 0 Å². The molecule has 1 aromatic rings. The van der Waals surface area contributed by atoms with Gasteiger partial charge in [0.15, 0.2) is 0 Å². The highest BCUT2D eigenvalue weighted by Gasteiger charge is 2.16. The van der Waals surface area contributed by atoms with Crippen LogP contribution in [0.5, 0.6) is 0 Å². The van der Waals surface area contributed by atoms with Crippen LogP contribution >= 0.6 is 0 Å². The normalized spacial score (nSPS) is 16.2. The molecule has 0 radical (unpaired) electrons. The maximum atomic E-state index is 4.58. The van der Waals surface area contributed by atoms with Crippen molar-refractivity contribution in [1.29, 1.82) is 0 Å². The van der Waals surface area contributed by atoms with Gasteiger partial charge in [-0.1, -0.05) is 0 Å².